The number of urea groups is 1. The molecule has 41 heavy (non-hydrogen) atoms. The first-order valence-corrected chi connectivity index (χ1v) is 14.9. The molecular formula is C29H52N4O8. The van der Waals surface area contributed by atoms with E-state index in [1.54, 1.807) is 42.4 Å². The first-order chi connectivity index (χ1) is 19.1. The zero-order chi connectivity index (χ0) is 30.6. The van der Waals surface area contributed by atoms with E-state index in [0.29, 0.717) is 45.2 Å². The largest absolute Gasteiger partial charge is 0.465 e. The van der Waals surface area contributed by atoms with Gasteiger partial charge in [-0.05, 0) is 80.1 Å². The van der Waals surface area contributed by atoms with Gasteiger partial charge >= 0.3 is 24.1 Å². The number of piperidine rings is 2. The van der Waals surface area contributed by atoms with Gasteiger partial charge in [-0.15, -0.1) is 0 Å². The molecule has 0 aromatic carbocycles. The van der Waals surface area contributed by atoms with Crippen LogP contribution in [-0.4, -0.2) is 122 Å². The lowest BCUT2D eigenvalue weighted by atomic mass is 9.98. The molecule has 0 aliphatic carbocycles. The van der Waals surface area contributed by atoms with Crippen molar-refractivity contribution in [3.63, 3.8) is 0 Å². The SMILES string of the molecule is CCOC(=O)CN(CCNC(=O)N1CCC(OCC2CCN(C(=O)OC(C)(C)C)CC2)CC1)CC(=O)OC(C)(C)C. The number of nitrogens with zero attached hydrogens (tertiary/aromatic N) is 3. The van der Waals surface area contributed by atoms with E-state index >= 15 is 0 Å². The minimum Gasteiger partial charge on any atom is -0.465 e. The topological polar surface area (TPSA) is 127 Å². The van der Waals surface area contributed by atoms with E-state index in [1.165, 1.54) is 0 Å². The zero-order valence-corrected chi connectivity index (χ0v) is 26.2. The summed E-state index contributed by atoms with van der Waals surface area (Å²) in [6.07, 6.45) is 3.16. The Morgan fingerprint density at radius 2 is 1.37 bits per heavy atom. The van der Waals surface area contributed by atoms with Gasteiger partial charge < -0.3 is 34.1 Å². The third-order valence-electron chi connectivity index (χ3n) is 6.70. The maximum Gasteiger partial charge on any atom is 0.410 e. The summed E-state index contributed by atoms with van der Waals surface area (Å²) in [5.74, 6) is -0.463. The van der Waals surface area contributed by atoms with Gasteiger partial charge in [0.2, 0.25) is 0 Å². The van der Waals surface area contributed by atoms with Gasteiger partial charge in [0.05, 0.1) is 25.8 Å². The van der Waals surface area contributed by atoms with Gasteiger partial charge in [0.15, 0.2) is 0 Å². The molecule has 2 saturated heterocycles. The monoisotopic (exact) mass is 584 g/mol. The zero-order valence-electron chi connectivity index (χ0n) is 26.2. The predicted octanol–water partition coefficient (Wildman–Crippen LogP) is 3.03. The molecule has 2 aliphatic rings. The van der Waals surface area contributed by atoms with E-state index in [0.717, 1.165) is 25.7 Å². The molecule has 0 saturated carbocycles. The number of amides is 3. The Morgan fingerprint density at radius 1 is 0.805 bits per heavy atom. The van der Waals surface area contributed by atoms with Gasteiger partial charge in [-0.2, -0.15) is 0 Å². The third-order valence-corrected chi connectivity index (χ3v) is 6.70. The average molecular weight is 585 g/mol. The molecule has 0 bridgehead atoms. The van der Waals surface area contributed by atoms with Crippen LogP contribution in [0.4, 0.5) is 9.59 Å². The summed E-state index contributed by atoms with van der Waals surface area (Å²) >= 11 is 0. The number of carbonyl (C=O) groups excluding carboxylic acids is 4. The lowest BCUT2D eigenvalue weighted by Gasteiger charge is -2.35. The lowest BCUT2D eigenvalue weighted by Crippen LogP contribution is -2.48. The van der Waals surface area contributed by atoms with Gasteiger partial charge in [0.1, 0.15) is 11.2 Å². The minimum atomic E-state index is -0.629. The van der Waals surface area contributed by atoms with Crippen LogP contribution in [-0.2, 0) is 28.5 Å². The van der Waals surface area contributed by atoms with Crippen molar-refractivity contribution in [3.05, 3.63) is 0 Å². The van der Waals surface area contributed by atoms with Crippen LogP contribution in [0.3, 0.4) is 0 Å². The molecule has 2 heterocycles. The van der Waals surface area contributed by atoms with E-state index in [-0.39, 0.29) is 44.5 Å². The number of likely N-dealkylation sites (tertiary alicyclic amines) is 2. The third kappa shape index (κ3) is 14.2. The number of ether oxygens (including phenoxy) is 4. The molecule has 1 N–H and O–H groups in total. The summed E-state index contributed by atoms with van der Waals surface area (Å²) in [6.45, 7) is 16.6. The van der Waals surface area contributed by atoms with E-state index in [2.05, 4.69) is 5.32 Å². The number of hydrogen-bond acceptors (Lipinski definition) is 9. The van der Waals surface area contributed by atoms with Crippen LogP contribution >= 0.6 is 0 Å². The second kappa shape index (κ2) is 16.1. The molecule has 0 aromatic rings. The van der Waals surface area contributed by atoms with Gasteiger partial charge in [0.25, 0.3) is 0 Å². The predicted molar refractivity (Wildman–Crippen MR) is 153 cm³/mol. The number of carbonyl (C=O) groups is 4. The summed E-state index contributed by atoms with van der Waals surface area (Å²) in [7, 11) is 0. The first kappa shape index (κ1) is 34.6. The van der Waals surface area contributed by atoms with Crippen molar-refractivity contribution < 1.29 is 38.1 Å². The number of hydrogen-bond donors (Lipinski definition) is 1. The van der Waals surface area contributed by atoms with Crippen LogP contribution < -0.4 is 5.32 Å². The normalized spacial score (nSPS) is 17.4. The fourth-order valence-electron chi connectivity index (χ4n) is 4.70. The van der Waals surface area contributed by atoms with Gasteiger partial charge in [-0.25, -0.2) is 9.59 Å². The first-order valence-electron chi connectivity index (χ1n) is 14.9. The molecule has 3 amide bonds. The molecule has 0 spiro atoms. The summed E-state index contributed by atoms with van der Waals surface area (Å²) in [5.41, 5.74) is -1.12. The molecular weight excluding hydrogens is 532 g/mol. The molecule has 0 atom stereocenters. The van der Waals surface area contributed by atoms with Gasteiger partial charge in [-0.3, -0.25) is 14.5 Å². The fraction of sp³-hybridized carbons (Fsp3) is 0.862. The smallest absolute Gasteiger partial charge is 0.410 e. The maximum atomic E-state index is 12.7. The molecule has 236 valence electrons. The average Bonchev–Trinajstić information content (AvgIpc) is 2.86. The van der Waals surface area contributed by atoms with E-state index < -0.39 is 23.1 Å². The second-order valence-electron chi connectivity index (χ2n) is 12.8. The van der Waals surface area contributed by atoms with Crippen LogP contribution in [0.15, 0.2) is 0 Å². The van der Waals surface area contributed by atoms with Crippen LogP contribution in [0.5, 0.6) is 0 Å². The van der Waals surface area contributed by atoms with Crippen molar-refractivity contribution in [2.24, 2.45) is 5.92 Å². The van der Waals surface area contributed by atoms with Crippen molar-refractivity contribution in [1.82, 2.24) is 20.0 Å². The molecule has 0 aromatic heterocycles. The minimum absolute atomic E-state index is 0.0638. The maximum absolute atomic E-state index is 12.7. The molecule has 2 rings (SSSR count). The molecule has 0 unspecified atom stereocenters. The molecule has 2 fully saturated rings. The van der Waals surface area contributed by atoms with Crippen LogP contribution in [0.1, 0.15) is 74.1 Å². The van der Waals surface area contributed by atoms with Crippen LogP contribution in [0.2, 0.25) is 0 Å². The molecule has 12 heteroatoms. The van der Waals surface area contributed by atoms with E-state index in [9.17, 15) is 19.2 Å². The van der Waals surface area contributed by atoms with Crippen LogP contribution in [0.25, 0.3) is 0 Å². The Bertz CT molecular complexity index is 854. The highest BCUT2D eigenvalue weighted by Crippen LogP contribution is 2.22. The van der Waals surface area contributed by atoms with Gasteiger partial charge in [0, 0.05) is 45.9 Å². The second-order valence-corrected chi connectivity index (χ2v) is 12.8. The quantitative estimate of drug-likeness (QED) is 0.288. The summed E-state index contributed by atoms with van der Waals surface area (Å²) in [6, 6.07) is -0.175. The summed E-state index contributed by atoms with van der Waals surface area (Å²) in [5, 5.41) is 2.89. The summed E-state index contributed by atoms with van der Waals surface area (Å²) < 4.78 is 22.0. The molecule has 2 aliphatic heterocycles. The van der Waals surface area contributed by atoms with Crippen molar-refractivity contribution in [2.45, 2.75) is 91.5 Å². The Labute approximate surface area is 245 Å². The Morgan fingerprint density at radius 3 is 1.93 bits per heavy atom. The number of esters is 2. The molecule has 0 radical (unpaired) electrons. The summed E-state index contributed by atoms with van der Waals surface area (Å²) in [4.78, 5) is 54.4. The molecule has 12 nitrogen and oxygen atoms in total. The highest BCUT2D eigenvalue weighted by atomic mass is 16.6. The van der Waals surface area contributed by atoms with Crippen molar-refractivity contribution in [3.8, 4) is 0 Å². The standard InChI is InChI=1S/C29H52N4O8/c1-8-38-24(34)19-31(20-25(35)40-28(2,3)4)18-13-30-26(36)32-16-11-23(12-17-32)39-21-22-9-14-33(15-10-22)27(37)41-29(5,6)7/h22-23H,8-21H2,1-7H3,(H,30,36). The lowest BCUT2D eigenvalue weighted by molar-refractivity contribution is -0.157. The van der Waals surface area contributed by atoms with Gasteiger partial charge in [-0.1, -0.05) is 0 Å². The van der Waals surface area contributed by atoms with E-state index in [4.69, 9.17) is 18.9 Å². The Hall–Kier alpha value is -2.60. The number of nitrogens with one attached hydrogen (secondary N) is 1. The Kier molecular flexibility index (Phi) is 13.6. The number of rotatable bonds is 11. The van der Waals surface area contributed by atoms with Crippen LogP contribution in [0, 0.1) is 5.92 Å². The highest BCUT2D eigenvalue weighted by Gasteiger charge is 2.29. The van der Waals surface area contributed by atoms with E-state index in [1.807, 2.05) is 20.8 Å². The van der Waals surface area contributed by atoms with Crippen molar-refractivity contribution >= 4 is 24.1 Å². The van der Waals surface area contributed by atoms with Crippen molar-refractivity contribution in [2.75, 3.05) is 65.6 Å². The Balaban J connectivity index is 1.67. The van der Waals surface area contributed by atoms with Crippen molar-refractivity contribution in [1.29, 1.82) is 0 Å². The highest BCUT2D eigenvalue weighted by molar-refractivity contribution is 5.76. The fourth-order valence-corrected chi connectivity index (χ4v) is 4.70.